The first-order valence-corrected chi connectivity index (χ1v) is 10.6. The minimum atomic E-state index is -3.21. The van der Waals surface area contributed by atoms with Crippen molar-refractivity contribution in [3.63, 3.8) is 0 Å². The Morgan fingerprint density at radius 2 is 1.92 bits per heavy atom. The summed E-state index contributed by atoms with van der Waals surface area (Å²) in [6.07, 6.45) is 3.21. The molecule has 138 valence electrons. The SMILES string of the molecule is CCCC(=O)NC[C@H]1Cc2cccc(-c3ccc(S(C)(=O)=O)cc3)c2O1. The van der Waals surface area contributed by atoms with E-state index in [0.717, 1.165) is 35.3 Å². The summed E-state index contributed by atoms with van der Waals surface area (Å²) in [6.45, 7) is 2.46. The van der Waals surface area contributed by atoms with Crippen LogP contribution in [0.2, 0.25) is 0 Å². The van der Waals surface area contributed by atoms with Crippen molar-refractivity contribution in [3.8, 4) is 16.9 Å². The lowest BCUT2D eigenvalue weighted by Gasteiger charge is -2.13. The van der Waals surface area contributed by atoms with Gasteiger partial charge in [-0.05, 0) is 29.7 Å². The molecular weight excluding hydrogens is 350 g/mol. The van der Waals surface area contributed by atoms with Crippen molar-refractivity contribution in [1.29, 1.82) is 0 Å². The highest BCUT2D eigenvalue weighted by Gasteiger charge is 2.26. The standard InChI is InChI=1S/C20H23NO4S/c1-3-5-19(22)21-13-16-12-15-6-4-7-18(20(15)25-16)14-8-10-17(11-9-14)26(2,23)24/h4,6-11,16H,3,5,12-13H2,1-2H3,(H,21,22)/t16-/m1/s1. The molecule has 0 spiro atoms. The highest BCUT2D eigenvalue weighted by atomic mass is 32.2. The molecule has 0 saturated heterocycles. The van der Waals surface area contributed by atoms with Crippen LogP contribution >= 0.6 is 0 Å². The van der Waals surface area contributed by atoms with Crippen LogP contribution in [0, 0.1) is 0 Å². The van der Waals surface area contributed by atoms with Crippen LogP contribution in [-0.2, 0) is 21.1 Å². The number of rotatable bonds is 6. The molecule has 0 aromatic heterocycles. The Morgan fingerprint density at radius 1 is 1.19 bits per heavy atom. The maximum absolute atomic E-state index is 11.7. The summed E-state index contributed by atoms with van der Waals surface area (Å²) < 4.78 is 29.3. The third-order valence-corrected chi connectivity index (χ3v) is 5.55. The van der Waals surface area contributed by atoms with Crippen LogP contribution in [0.3, 0.4) is 0 Å². The monoisotopic (exact) mass is 373 g/mol. The van der Waals surface area contributed by atoms with E-state index in [9.17, 15) is 13.2 Å². The first-order valence-electron chi connectivity index (χ1n) is 8.74. The van der Waals surface area contributed by atoms with Crippen molar-refractivity contribution in [2.75, 3.05) is 12.8 Å². The summed E-state index contributed by atoms with van der Waals surface area (Å²) >= 11 is 0. The maximum atomic E-state index is 11.7. The fourth-order valence-corrected chi connectivity index (χ4v) is 3.73. The summed E-state index contributed by atoms with van der Waals surface area (Å²) in [5, 5.41) is 2.91. The maximum Gasteiger partial charge on any atom is 0.220 e. The Hall–Kier alpha value is -2.34. The number of sulfone groups is 1. The fraction of sp³-hybridized carbons (Fsp3) is 0.350. The first kappa shape index (κ1) is 18.5. The molecule has 6 heteroatoms. The fourth-order valence-electron chi connectivity index (χ4n) is 3.10. The molecule has 1 amide bonds. The van der Waals surface area contributed by atoms with Crippen LogP contribution in [0.25, 0.3) is 11.1 Å². The molecule has 2 aromatic carbocycles. The minimum Gasteiger partial charge on any atom is -0.487 e. The molecule has 0 radical (unpaired) electrons. The molecule has 0 aliphatic carbocycles. The van der Waals surface area contributed by atoms with E-state index >= 15 is 0 Å². The largest absolute Gasteiger partial charge is 0.487 e. The Kier molecular flexibility index (Phi) is 5.32. The van der Waals surface area contributed by atoms with E-state index in [2.05, 4.69) is 5.32 Å². The number of fused-ring (bicyclic) bond motifs is 1. The summed E-state index contributed by atoms with van der Waals surface area (Å²) in [5.74, 6) is 0.859. The predicted octanol–water partition coefficient (Wildman–Crippen LogP) is 2.98. The normalized spacial score (nSPS) is 16.0. The van der Waals surface area contributed by atoms with Gasteiger partial charge in [-0.15, -0.1) is 0 Å². The van der Waals surface area contributed by atoms with Gasteiger partial charge in [-0.3, -0.25) is 4.79 Å². The van der Waals surface area contributed by atoms with Gasteiger partial charge >= 0.3 is 0 Å². The van der Waals surface area contributed by atoms with Gasteiger partial charge in [-0.25, -0.2) is 8.42 Å². The van der Waals surface area contributed by atoms with Gasteiger partial charge in [0.15, 0.2) is 9.84 Å². The number of hydrogen-bond acceptors (Lipinski definition) is 4. The van der Waals surface area contributed by atoms with E-state index in [1.807, 2.05) is 25.1 Å². The predicted molar refractivity (Wildman–Crippen MR) is 101 cm³/mol. The third kappa shape index (κ3) is 4.07. The molecule has 26 heavy (non-hydrogen) atoms. The smallest absolute Gasteiger partial charge is 0.220 e. The highest BCUT2D eigenvalue weighted by molar-refractivity contribution is 7.90. The van der Waals surface area contributed by atoms with E-state index in [-0.39, 0.29) is 12.0 Å². The van der Waals surface area contributed by atoms with Crippen LogP contribution in [-0.4, -0.2) is 33.2 Å². The number of para-hydroxylation sites is 1. The molecule has 5 nitrogen and oxygen atoms in total. The summed E-state index contributed by atoms with van der Waals surface area (Å²) in [7, 11) is -3.21. The van der Waals surface area contributed by atoms with E-state index in [1.165, 1.54) is 6.26 Å². The van der Waals surface area contributed by atoms with E-state index in [0.29, 0.717) is 17.9 Å². The molecule has 0 bridgehead atoms. The lowest BCUT2D eigenvalue weighted by Crippen LogP contribution is -2.34. The second kappa shape index (κ2) is 7.50. The number of benzene rings is 2. The van der Waals surface area contributed by atoms with Crippen LogP contribution in [0.5, 0.6) is 5.75 Å². The molecule has 1 heterocycles. The Morgan fingerprint density at radius 3 is 2.58 bits per heavy atom. The molecule has 0 saturated carbocycles. The van der Waals surface area contributed by atoms with Crippen molar-refractivity contribution in [2.24, 2.45) is 0 Å². The highest BCUT2D eigenvalue weighted by Crippen LogP contribution is 2.38. The molecule has 1 aliphatic heterocycles. The van der Waals surface area contributed by atoms with Crippen molar-refractivity contribution < 1.29 is 17.9 Å². The summed E-state index contributed by atoms with van der Waals surface area (Å²) in [6, 6.07) is 12.8. The topological polar surface area (TPSA) is 72.5 Å². The molecule has 0 unspecified atom stereocenters. The van der Waals surface area contributed by atoms with Crippen LogP contribution in [0.15, 0.2) is 47.4 Å². The molecule has 0 fully saturated rings. The second-order valence-electron chi connectivity index (χ2n) is 6.59. The summed E-state index contributed by atoms with van der Waals surface area (Å²) in [4.78, 5) is 12.0. The summed E-state index contributed by atoms with van der Waals surface area (Å²) in [5.41, 5.74) is 2.94. The molecular formula is C20H23NO4S. The average Bonchev–Trinajstić information content (AvgIpc) is 3.02. The third-order valence-electron chi connectivity index (χ3n) is 4.43. The van der Waals surface area contributed by atoms with Crippen LogP contribution in [0.4, 0.5) is 0 Å². The number of carbonyl (C=O) groups excluding carboxylic acids is 1. The lowest BCUT2D eigenvalue weighted by molar-refractivity contribution is -0.121. The van der Waals surface area contributed by atoms with Crippen molar-refractivity contribution in [1.82, 2.24) is 5.32 Å². The van der Waals surface area contributed by atoms with Crippen molar-refractivity contribution >= 4 is 15.7 Å². The van der Waals surface area contributed by atoms with Gasteiger partial charge in [0, 0.05) is 24.7 Å². The number of amides is 1. The van der Waals surface area contributed by atoms with E-state index in [4.69, 9.17) is 4.74 Å². The number of ether oxygens (including phenoxy) is 1. The van der Waals surface area contributed by atoms with Gasteiger partial charge in [-0.2, -0.15) is 0 Å². The number of hydrogen-bond donors (Lipinski definition) is 1. The van der Waals surface area contributed by atoms with Crippen molar-refractivity contribution in [2.45, 2.75) is 37.2 Å². The Bertz CT molecular complexity index is 904. The zero-order valence-corrected chi connectivity index (χ0v) is 15.8. The minimum absolute atomic E-state index is 0.0450. The zero-order chi connectivity index (χ0) is 18.7. The molecule has 3 rings (SSSR count). The average molecular weight is 373 g/mol. The van der Waals surface area contributed by atoms with Gasteiger partial charge in [-0.1, -0.05) is 37.3 Å². The number of nitrogens with one attached hydrogen (secondary N) is 1. The molecule has 2 aromatic rings. The molecule has 1 N–H and O–H groups in total. The molecule has 1 aliphatic rings. The quantitative estimate of drug-likeness (QED) is 0.845. The van der Waals surface area contributed by atoms with Crippen LogP contribution < -0.4 is 10.1 Å². The van der Waals surface area contributed by atoms with Crippen LogP contribution in [0.1, 0.15) is 25.3 Å². The van der Waals surface area contributed by atoms with Gasteiger partial charge in [0.2, 0.25) is 5.91 Å². The van der Waals surface area contributed by atoms with Gasteiger partial charge in [0.25, 0.3) is 0 Å². The van der Waals surface area contributed by atoms with Crippen molar-refractivity contribution in [3.05, 3.63) is 48.0 Å². The molecule has 1 atom stereocenters. The first-order chi connectivity index (χ1) is 12.4. The van der Waals surface area contributed by atoms with E-state index < -0.39 is 9.84 Å². The van der Waals surface area contributed by atoms with E-state index in [1.54, 1.807) is 24.3 Å². The lowest BCUT2D eigenvalue weighted by atomic mass is 10.0. The second-order valence-corrected chi connectivity index (χ2v) is 8.60. The number of carbonyl (C=O) groups is 1. The van der Waals surface area contributed by atoms with Gasteiger partial charge in [0.1, 0.15) is 11.9 Å². The van der Waals surface area contributed by atoms with Gasteiger partial charge in [0.05, 0.1) is 11.4 Å². The Labute approximate surface area is 154 Å². The Balaban J connectivity index is 1.77. The zero-order valence-electron chi connectivity index (χ0n) is 15.0. The van der Waals surface area contributed by atoms with Gasteiger partial charge < -0.3 is 10.1 Å².